The van der Waals surface area contributed by atoms with Gasteiger partial charge >= 0.3 is 5.97 Å². The molecule has 2 aromatic carbocycles. The smallest absolute Gasteiger partial charge is 0.363 e. The van der Waals surface area contributed by atoms with Gasteiger partial charge in [-0.2, -0.15) is 0 Å². The zero-order chi connectivity index (χ0) is 14.8. The second-order valence-electron chi connectivity index (χ2n) is 4.67. The third-order valence-corrected chi connectivity index (χ3v) is 3.19. The Morgan fingerprint density at radius 2 is 1.81 bits per heavy atom. The zero-order valence-electron chi connectivity index (χ0n) is 11.3. The number of hydrogen-bond donors (Lipinski definition) is 0. The van der Waals surface area contributed by atoms with Crippen molar-refractivity contribution in [3.63, 3.8) is 0 Å². The monoisotopic (exact) mass is 281 g/mol. The summed E-state index contributed by atoms with van der Waals surface area (Å²) in [7, 11) is 0. The van der Waals surface area contributed by atoms with Gasteiger partial charge in [-0.15, -0.1) is 0 Å². The number of aliphatic imine (C=N–C) groups is 1. The molecular formula is C17H12FNO2. The van der Waals surface area contributed by atoms with Gasteiger partial charge in [-0.25, -0.2) is 14.2 Å². The highest BCUT2D eigenvalue weighted by Crippen LogP contribution is 2.21. The molecule has 0 saturated heterocycles. The van der Waals surface area contributed by atoms with E-state index in [-0.39, 0.29) is 11.6 Å². The number of benzene rings is 2. The number of hydrogen-bond acceptors (Lipinski definition) is 3. The lowest BCUT2D eigenvalue weighted by Gasteiger charge is -2.02. The lowest BCUT2D eigenvalue weighted by atomic mass is 10.1. The molecule has 3 nitrogen and oxygen atoms in total. The fraction of sp³-hybridized carbons (Fsp3) is 0.0588. The summed E-state index contributed by atoms with van der Waals surface area (Å²) in [5.74, 6) is -0.727. The number of cyclic esters (lactones) is 1. The number of carbonyl (C=O) groups excluding carboxylic acids is 1. The van der Waals surface area contributed by atoms with E-state index in [1.54, 1.807) is 18.2 Å². The summed E-state index contributed by atoms with van der Waals surface area (Å²) in [5, 5.41) is 0. The Morgan fingerprint density at radius 1 is 1.10 bits per heavy atom. The Balaban J connectivity index is 2.00. The average molecular weight is 281 g/mol. The Morgan fingerprint density at radius 3 is 2.57 bits per heavy atom. The van der Waals surface area contributed by atoms with Crippen molar-refractivity contribution >= 4 is 17.9 Å². The number of esters is 1. The summed E-state index contributed by atoms with van der Waals surface area (Å²) >= 11 is 0. The molecule has 0 aromatic heterocycles. The van der Waals surface area contributed by atoms with Crippen LogP contribution in [0.3, 0.4) is 0 Å². The first-order chi connectivity index (χ1) is 10.1. The summed E-state index contributed by atoms with van der Waals surface area (Å²) < 4.78 is 18.8. The molecule has 0 radical (unpaired) electrons. The van der Waals surface area contributed by atoms with E-state index in [9.17, 15) is 9.18 Å². The molecule has 1 aliphatic heterocycles. The van der Waals surface area contributed by atoms with Crippen LogP contribution in [-0.4, -0.2) is 11.9 Å². The van der Waals surface area contributed by atoms with Gasteiger partial charge in [0.2, 0.25) is 5.90 Å². The summed E-state index contributed by atoms with van der Waals surface area (Å²) in [4.78, 5) is 16.0. The highest BCUT2D eigenvalue weighted by atomic mass is 19.1. The molecule has 0 amide bonds. The van der Waals surface area contributed by atoms with Gasteiger partial charge in [0.1, 0.15) is 5.82 Å². The first-order valence-electron chi connectivity index (χ1n) is 6.48. The van der Waals surface area contributed by atoms with Gasteiger partial charge in [-0.05, 0) is 30.7 Å². The molecule has 0 N–H and O–H groups in total. The van der Waals surface area contributed by atoms with Gasteiger partial charge in [0.15, 0.2) is 5.70 Å². The van der Waals surface area contributed by atoms with Gasteiger partial charge in [0, 0.05) is 11.1 Å². The van der Waals surface area contributed by atoms with Gasteiger partial charge in [-0.3, -0.25) is 0 Å². The topological polar surface area (TPSA) is 38.7 Å². The first kappa shape index (κ1) is 13.2. The van der Waals surface area contributed by atoms with Crippen molar-refractivity contribution in [3.05, 3.63) is 76.7 Å². The molecular weight excluding hydrogens is 269 g/mol. The van der Waals surface area contributed by atoms with Gasteiger partial charge in [0.05, 0.1) is 0 Å². The molecule has 0 aliphatic carbocycles. The maximum Gasteiger partial charge on any atom is 0.363 e. The van der Waals surface area contributed by atoms with Crippen molar-refractivity contribution in [2.75, 3.05) is 0 Å². The molecule has 4 heteroatoms. The molecule has 3 rings (SSSR count). The second-order valence-corrected chi connectivity index (χ2v) is 4.67. The van der Waals surface area contributed by atoms with E-state index >= 15 is 0 Å². The number of ether oxygens (including phenoxy) is 1. The quantitative estimate of drug-likeness (QED) is 0.624. The maximum absolute atomic E-state index is 13.6. The molecule has 0 unspecified atom stereocenters. The first-order valence-corrected chi connectivity index (χ1v) is 6.48. The number of halogens is 1. The van der Waals surface area contributed by atoms with Crippen molar-refractivity contribution in [1.29, 1.82) is 0 Å². The van der Waals surface area contributed by atoms with Crippen molar-refractivity contribution in [1.82, 2.24) is 0 Å². The van der Waals surface area contributed by atoms with Crippen LogP contribution in [0.2, 0.25) is 0 Å². The van der Waals surface area contributed by atoms with E-state index in [0.29, 0.717) is 5.56 Å². The molecule has 0 atom stereocenters. The van der Waals surface area contributed by atoms with Crippen molar-refractivity contribution < 1.29 is 13.9 Å². The minimum absolute atomic E-state index is 0.0957. The van der Waals surface area contributed by atoms with Crippen LogP contribution in [-0.2, 0) is 9.53 Å². The van der Waals surface area contributed by atoms with Crippen LogP contribution in [0.5, 0.6) is 0 Å². The summed E-state index contributed by atoms with van der Waals surface area (Å²) in [6, 6.07) is 13.7. The van der Waals surface area contributed by atoms with E-state index in [2.05, 4.69) is 4.99 Å². The maximum atomic E-state index is 13.6. The summed E-state index contributed by atoms with van der Waals surface area (Å²) in [6.07, 6.45) is 1.39. The van der Waals surface area contributed by atoms with Crippen LogP contribution in [0.25, 0.3) is 6.08 Å². The molecule has 0 spiro atoms. The van der Waals surface area contributed by atoms with Crippen LogP contribution >= 0.6 is 0 Å². The molecule has 0 bridgehead atoms. The van der Waals surface area contributed by atoms with E-state index in [4.69, 9.17) is 4.74 Å². The second kappa shape index (κ2) is 5.32. The van der Waals surface area contributed by atoms with Crippen LogP contribution in [0.15, 0.2) is 59.2 Å². The lowest BCUT2D eigenvalue weighted by Crippen LogP contribution is -2.06. The molecule has 104 valence electrons. The highest BCUT2D eigenvalue weighted by molar-refractivity contribution is 6.13. The SMILES string of the molecule is Cc1ccccc1C1=N/C(=C/c2ccccc2F)C(=O)O1. The van der Waals surface area contributed by atoms with Crippen LogP contribution in [0.1, 0.15) is 16.7 Å². The fourth-order valence-electron chi connectivity index (χ4n) is 2.08. The van der Waals surface area contributed by atoms with Crippen molar-refractivity contribution in [3.8, 4) is 0 Å². The van der Waals surface area contributed by atoms with Crippen molar-refractivity contribution in [2.45, 2.75) is 6.92 Å². The van der Waals surface area contributed by atoms with E-state index in [0.717, 1.165) is 11.1 Å². The summed E-state index contributed by atoms with van der Waals surface area (Å²) in [6.45, 7) is 1.91. The molecule has 1 aliphatic rings. The van der Waals surface area contributed by atoms with Crippen LogP contribution in [0.4, 0.5) is 4.39 Å². The minimum atomic E-state index is -0.573. The van der Waals surface area contributed by atoms with Crippen LogP contribution < -0.4 is 0 Å². The number of nitrogens with zero attached hydrogens (tertiary/aromatic N) is 1. The molecule has 0 saturated carbocycles. The fourth-order valence-corrected chi connectivity index (χ4v) is 2.08. The Kier molecular flexibility index (Phi) is 3.36. The van der Waals surface area contributed by atoms with Crippen LogP contribution in [0, 0.1) is 12.7 Å². The zero-order valence-corrected chi connectivity index (χ0v) is 11.3. The summed E-state index contributed by atoms with van der Waals surface area (Å²) in [5.41, 5.74) is 2.11. The number of carbonyl (C=O) groups is 1. The highest BCUT2D eigenvalue weighted by Gasteiger charge is 2.25. The predicted molar refractivity (Wildman–Crippen MR) is 78.2 cm³/mol. The van der Waals surface area contributed by atoms with E-state index < -0.39 is 11.8 Å². The largest absolute Gasteiger partial charge is 0.402 e. The van der Waals surface area contributed by atoms with Crippen molar-refractivity contribution in [2.24, 2.45) is 4.99 Å². The number of aryl methyl sites for hydroxylation is 1. The molecule has 21 heavy (non-hydrogen) atoms. The standard InChI is InChI=1S/C17H12FNO2/c1-11-6-2-4-8-13(11)16-19-15(17(20)21-16)10-12-7-3-5-9-14(12)18/h2-10H,1H3/b15-10+. The Labute approximate surface area is 121 Å². The Bertz CT molecular complexity index is 778. The van der Waals surface area contributed by atoms with E-state index in [1.807, 2.05) is 31.2 Å². The average Bonchev–Trinajstić information content (AvgIpc) is 2.83. The molecule has 0 fully saturated rings. The van der Waals surface area contributed by atoms with Gasteiger partial charge in [-0.1, -0.05) is 36.4 Å². The third-order valence-electron chi connectivity index (χ3n) is 3.19. The predicted octanol–water partition coefficient (Wildman–Crippen LogP) is 3.48. The van der Waals surface area contributed by atoms with Gasteiger partial charge in [0.25, 0.3) is 0 Å². The van der Waals surface area contributed by atoms with E-state index in [1.165, 1.54) is 12.1 Å². The Hall–Kier alpha value is -2.75. The van der Waals surface area contributed by atoms with Gasteiger partial charge < -0.3 is 4.74 Å². The lowest BCUT2D eigenvalue weighted by molar-refractivity contribution is -0.129. The molecule has 1 heterocycles. The minimum Gasteiger partial charge on any atom is -0.402 e. The normalized spacial score (nSPS) is 16.0. The number of rotatable bonds is 2. The third kappa shape index (κ3) is 2.60. The molecule has 2 aromatic rings.